The van der Waals surface area contributed by atoms with Crippen molar-refractivity contribution in [2.24, 2.45) is 0 Å². The van der Waals surface area contributed by atoms with Crippen molar-refractivity contribution >= 4 is 23.2 Å². The van der Waals surface area contributed by atoms with Crippen LogP contribution in [0.5, 0.6) is 0 Å². The van der Waals surface area contributed by atoms with E-state index >= 15 is 0 Å². The molecule has 0 atom stereocenters. The Morgan fingerprint density at radius 3 is 2.25 bits per heavy atom. The average Bonchev–Trinajstić information content (AvgIpc) is 2.63. The maximum atomic E-state index is 12.6. The first-order valence-electron chi connectivity index (χ1n) is 7.46. The van der Waals surface area contributed by atoms with Crippen LogP contribution in [0.1, 0.15) is 21.5 Å². The Kier molecular flexibility index (Phi) is 4.96. The quantitative estimate of drug-likeness (QED) is 0.658. The summed E-state index contributed by atoms with van der Waals surface area (Å²) in [6.45, 7) is 0. The number of carbonyl (C=O) groups excluding carboxylic acids is 1. The van der Waals surface area contributed by atoms with Gasteiger partial charge < -0.3 is 5.32 Å². The fourth-order valence-electron chi connectivity index (χ4n) is 2.20. The second kappa shape index (κ2) is 7.50. The van der Waals surface area contributed by atoms with Gasteiger partial charge >= 0.3 is 0 Å². The summed E-state index contributed by atoms with van der Waals surface area (Å²) in [5.41, 5.74) is 2.67. The number of para-hydroxylation sites is 1. The third kappa shape index (κ3) is 3.84. The molecular formula is C21H14ClNO. The van der Waals surface area contributed by atoms with Crippen molar-refractivity contribution in [3.05, 3.63) is 101 Å². The third-order valence-electron chi connectivity index (χ3n) is 3.41. The smallest absolute Gasteiger partial charge is 0.256 e. The summed E-state index contributed by atoms with van der Waals surface area (Å²) in [6, 6.07) is 24.1. The van der Waals surface area contributed by atoms with Gasteiger partial charge in [-0.1, -0.05) is 65.9 Å². The Morgan fingerprint density at radius 1 is 0.792 bits per heavy atom. The average molecular weight is 332 g/mol. The molecule has 0 aromatic heterocycles. The van der Waals surface area contributed by atoms with Crippen molar-refractivity contribution in [1.29, 1.82) is 0 Å². The van der Waals surface area contributed by atoms with Gasteiger partial charge in [-0.2, -0.15) is 0 Å². The monoisotopic (exact) mass is 331 g/mol. The van der Waals surface area contributed by atoms with Gasteiger partial charge in [0.2, 0.25) is 0 Å². The summed E-state index contributed by atoms with van der Waals surface area (Å²) >= 11 is 6.09. The fourth-order valence-corrected chi connectivity index (χ4v) is 2.39. The van der Waals surface area contributed by atoms with Gasteiger partial charge in [0.05, 0.1) is 16.3 Å². The zero-order valence-corrected chi connectivity index (χ0v) is 13.5. The highest BCUT2D eigenvalue weighted by Crippen LogP contribution is 2.21. The summed E-state index contributed by atoms with van der Waals surface area (Å²) in [4.78, 5) is 12.6. The van der Waals surface area contributed by atoms with E-state index < -0.39 is 0 Å². The standard InChI is InChI=1S/C21H14ClNO/c22-19-12-6-7-13-20(19)23-21(24)18-11-5-4-10-17(18)15-14-16-8-2-1-3-9-16/h1-13H,(H,23,24). The van der Waals surface area contributed by atoms with E-state index in [0.29, 0.717) is 21.8 Å². The molecule has 0 aliphatic heterocycles. The van der Waals surface area contributed by atoms with Crippen LogP contribution in [-0.4, -0.2) is 5.91 Å². The SMILES string of the molecule is O=C(Nc1ccccc1Cl)c1ccccc1C#Cc1ccccc1. The van der Waals surface area contributed by atoms with Crippen molar-refractivity contribution in [3.63, 3.8) is 0 Å². The molecular weight excluding hydrogens is 318 g/mol. The molecule has 0 unspecified atom stereocenters. The van der Waals surface area contributed by atoms with E-state index in [2.05, 4.69) is 17.2 Å². The highest BCUT2D eigenvalue weighted by atomic mass is 35.5. The zero-order chi connectivity index (χ0) is 16.8. The molecule has 3 aromatic rings. The van der Waals surface area contributed by atoms with E-state index in [4.69, 9.17) is 11.6 Å². The first-order chi connectivity index (χ1) is 11.7. The van der Waals surface area contributed by atoms with Gasteiger partial charge in [-0.05, 0) is 36.4 Å². The van der Waals surface area contributed by atoms with E-state index in [0.717, 1.165) is 5.56 Å². The lowest BCUT2D eigenvalue weighted by molar-refractivity contribution is 0.102. The molecule has 0 bridgehead atoms. The van der Waals surface area contributed by atoms with Crippen LogP contribution in [0.2, 0.25) is 5.02 Å². The van der Waals surface area contributed by atoms with Crippen LogP contribution in [0.25, 0.3) is 0 Å². The van der Waals surface area contributed by atoms with Crippen molar-refractivity contribution in [1.82, 2.24) is 0 Å². The summed E-state index contributed by atoms with van der Waals surface area (Å²) in [5.74, 6) is 5.91. The van der Waals surface area contributed by atoms with Gasteiger partial charge in [0, 0.05) is 11.1 Å². The Labute approximate surface area is 146 Å². The van der Waals surface area contributed by atoms with Crippen LogP contribution in [0, 0.1) is 11.8 Å². The number of nitrogens with one attached hydrogen (secondary N) is 1. The van der Waals surface area contributed by atoms with Crippen LogP contribution in [0.15, 0.2) is 78.9 Å². The Bertz CT molecular complexity index is 923. The van der Waals surface area contributed by atoms with Crippen molar-refractivity contribution < 1.29 is 4.79 Å². The highest BCUT2D eigenvalue weighted by Gasteiger charge is 2.11. The Morgan fingerprint density at radius 2 is 1.46 bits per heavy atom. The van der Waals surface area contributed by atoms with Gasteiger partial charge in [0.1, 0.15) is 0 Å². The van der Waals surface area contributed by atoms with Gasteiger partial charge in [-0.3, -0.25) is 4.79 Å². The van der Waals surface area contributed by atoms with Crippen LogP contribution >= 0.6 is 11.6 Å². The highest BCUT2D eigenvalue weighted by molar-refractivity contribution is 6.33. The normalized spacial score (nSPS) is 9.71. The number of benzene rings is 3. The fraction of sp³-hybridized carbons (Fsp3) is 0. The van der Waals surface area contributed by atoms with E-state index in [9.17, 15) is 4.79 Å². The maximum Gasteiger partial charge on any atom is 0.256 e. The minimum absolute atomic E-state index is 0.235. The number of hydrogen-bond donors (Lipinski definition) is 1. The minimum atomic E-state index is -0.235. The van der Waals surface area contributed by atoms with E-state index in [-0.39, 0.29) is 5.91 Å². The topological polar surface area (TPSA) is 29.1 Å². The number of carbonyl (C=O) groups is 1. The second-order valence-electron chi connectivity index (χ2n) is 5.10. The van der Waals surface area contributed by atoms with Crippen molar-refractivity contribution in [3.8, 4) is 11.8 Å². The minimum Gasteiger partial charge on any atom is -0.321 e. The molecule has 0 fully saturated rings. The summed E-state index contributed by atoms with van der Waals surface area (Å²) in [5, 5.41) is 3.33. The zero-order valence-electron chi connectivity index (χ0n) is 12.8. The largest absolute Gasteiger partial charge is 0.321 e. The number of anilines is 1. The Hall–Kier alpha value is -3.02. The summed E-state index contributed by atoms with van der Waals surface area (Å²) < 4.78 is 0. The molecule has 3 rings (SSSR count). The van der Waals surface area contributed by atoms with Crippen LogP contribution < -0.4 is 5.32 Å². The molecule has 0 saturated heterocycles. The first-order valence-corrected chi connectivity index (χ1v) is 7.84. The van der Waals surface area contributed by atoms with E-state index in [1.54, 1.807) is 18.2 Å². The molecule has 2 nitrogen and oxygen atoms in total. The van der Waals surface area contributed by atoms with E-state index in [1.165, 1.54) is 0 Å². The predicted molar refractivity (Wildman–Crippen MR) is 98.3 cm³/mol. The van der Waals surface area contributed by atoms with Gasteiger partial charge in [0.15, 0.2) is 0 Å². The lowest BCUT2D eigenvalue weighted by atomic mass is 10.1. The first kappa shape index (κ1) is 15.9. The van der Waals surface area contributed by atoms with Crippen LogP contribution in [0.3, 0.4) is 0 Å². The molecule has 24 heavy (non-hydrogen) atoms. The molecule has 0 radical (unpaired) electrons. The van der Waals surface area contributed by atoms with E-state index in [1.807, 2.05) is 60.7 Å². The second-order valence-corrected chi connectivity index (χ2v) is 5.50. The van der Waals surface area contributed by atoms with Gasteiger partial charge in [-0.25, -0.2) is 0 Å². The Balaban J connectivity index is 1.88. The van der Waals surface area contributed by atoms with Crippen LogP contribution in [-0.2, 0) is 0 Å². The van der Waals surface area contributed by atoms with Crippen LogP contribution in [0.4, 0.5) is 5.69 Å². The molecule has 0 spiro atoms. The number of rotatable bonds is 2. The third-order valence-corrected chi connectivity index (χ3v) is 3.74. The lowest BCUT2D eigenvalue weighted by Gasteiger charge is -2.08. The van der Waals surface area contributed by atoms with Gasteiger partial charge in [0.25, 0.3) is 5.91 Å². The van der Waals surface area contributed by atoms with Crippen molar-refractivity contribution in [2.75, 3.05) is 5.32 Å². The molecule has 0 aliphatic carbocycles. The van der Waals surface area contributed by atoms with Gasteiger partial charge in [-0.15, -0.1) is 0 Å². The predicted octanol–water partition coefficient (Wildman–Crippen LogP) is 4.99. The maximum absolute atomic E-state index is 12.6. The number of hydrogen-bond acceptors (Lipinski definition) is 1. The molecule has 116 valence electrons. The molecule has 0 saturated carbocycles. The summed E-state index contributed by atoms with van der Waals surface area (Å²) in [6.07, 6.45) is 0. The molecule has 1 amide bonds. The van der Waals surface area contributed by atoms with Crippen molar-refractivity contribution in [2.45, 2.75) is 0 Å². The summed E-state index contributed by atoms with van der Waals surface area (Å²) in [7, 11) is 0. The number of halogens is 1. The molecule has 1 N–H and O–H groups in total. The molecule has 0 aliphatic rings. The molecule has 3 aromatic carbocycles. The number of amides is 1. The molecule has 3 heteroatoms. The molecule has 0 heterocycles. The lowest BCUT2D eigenvalue weighted by Crippen LogP contribution is -2.13.